The second-order valence-electron chi connectivity index (χ2n) is 7.04. The molecule has 1 aromatic carbocycles. The minimum absolute atomic E-state index is 0.0766. The van der Waals surface area contributed by atoms with Crippen LogP contribution in [0.4, 0.5) is 0 Å². The number of hydrogen-bond acceptors (Lipinski definition) is 4. The lowest BCUT2D eigenvalue weighted by Gasteiger charge is -2.12. The Morgan fingerprint density at radius 2 is 1.93 bits per heavy atom. The summed E-state index contributed by atoms with van der Waals surface area (Å²) < 4.78 is 10.5. The highest BCUT2D eigenvalue weighted by Crippen LogP contribution is 2.25. The number of rotatable bonds is 12. The lowest BCUT2D eigenvalue weighted by Crippen LogP contribution is -2.38. The molecule has 0 amide bonds. The number of fused-ring (bicyclic) bond motifs is 1. The molecule has 6 heteroatoms. The molecule has 0 atom stereocenters. The van der Waals surface area contributed by atoms with Crippen molar-refractivity contribution in [2.75, 3.05) is 33.4 Å². The van der Waals surface area contributed by atoms with Crippen LogP contribution in [0.3, 0.4) is 0 Å². The van der Waals surface area contributed by atoms with Crippen LogP contribution in [0.1, 0.15) is 56.6 Å². The van der Waals surface area contributed by atoms with Crippen molar-refractivity contribution in [1.82, 2.24) is 10.6 Å². The first-order chi connectivity index (χ1) is 13.7. The quantitative estimate of drug-likeness (QED) is 0.249. The molecule has 0 unspecified atom stereocenters. The third kappa shape index (κ3) is 8.19. The molecule has 6 nitrogen and oxygen atoms in total. The highest BCUT2D eigenvalue weighted by molar-refractivity contribution is 5.79. The van der Waals surface area contributed by atoms with Crippen LogP contribution in [0, 0.1) is 0 Å². The van der Waals surface area contributed by atoms with Gasteiger partial charge in [0.1, 0.15) is 5.75 Å². The maximum atomic E-state index is 11.3. The Balaban J connectivity index is 1.49. The maximum absolute atomic E-state index is 11.3. The predicted molar refractivity (Wildman–Crippen MR) is 113 cm³/mol. The Morgan fingerprint density at radius 3 is 2.75 bits per heavy atom. The van der Waals surface area contributed by atoms with E-state index in [0.717, 1.165) is 76.4 Å². The van der Waals surface area contributed by atoms with Crippen molar-refractivity contribution in [3.63, 3.8) is 0 Å². The van der Waals surface area contributed by atoms with Crippen LogP contribution in [0.25, 0.3) is 0 Å². The SMILES string of the molecule is CCOC(=O)CCCCCCCNC(=NC)NCCc1ccc2c(c1)CCO2. The van der Waals surface area contributed by atoms with Gasteiger partial charge in [0, 0.05) is 33.0 Å². The molecule has 0 fully saturated rings. The second-order valence-corrected chi connectivity index (χ2v) is 7.04. The van der Waals surface area contributed by atoms with Gasteiger partial charge < -0.3 is 20.1 Å². The molecule has 28 heavy (non-hydrogen) atoms. The van der Waals surface area contributed by atoms with Gasteiger partial charge in [0.15, 0.2) is 5.96 Å². The van der Waals surface area contributed by atoms with Crippen LogP contribution in [0.2, 0.25) is 0 Å². The van der Waals surface area contributed by atoms with Crippen molar-refractivity contribution in [2.45, 2.75) is 58.3 Å². The molecule has 156 valence electrons. The molecule has 1 heterocycles. The molecule has 1 aliphatic rings. The van der Waals surface area contributed by atoms with Crippen LogP contribution >= 0.6 is 0 Å². The number of guanidine groups is 1. The highest BCUT2D eigenvalue weighted by atomic mass is 16.5. The number of benzene rings is 1. The van der Waals surface area contributed by atoms with Crippen molar-refractivity contribution >= 4 is 11.9 Å². The fourth-order valence-corrected chi connectivity index (χ4v) is 3.31. The van der Waals surface area contributed by atoms with E-state index in [1.165, 1.54) is 11.1 Å². The van der Waals surface area contributed by atoms with Crippen molar-refractivity contribution in [2.24, 2.45) is 4.99 Å². The Hall–Kier alpha value is -2.24. The van der Waals surface area contributed by atoms with Gasteiger partial charge in [0.2, 0.25) is 0 Å². The van der Waals surface area contributed by atoms with Crippen LogP contribution in [-0.4, -0.2) is 45.3 Å². The molecule has 0 saturated carbocycles. The Labute approximate surface area is 169 Å². The summed E-state index contributed by atoms with van der Waals surface area (Å²) in [6.07, 6.45) is 7.93. The topological polar surface area (TPSA) is 72.0 Å². The summed E-state index contributed by atoms with van der Waals surface area (Å²) in [6.45, 7) is 4.89. The van der Waals surface area contributed by atoms with Crippen LogP contribution in [0.15, 0.2) is 23.2 Å². The molecule has 0 aromatic heterocycles. The zero-order chi connectivity index (χ0) is 20.0. The summed E-state index contributed by atoms with van der Waals surface area (Å²) >= 11 is 0. The summed E-state index contributed by atoms with van der Waals surface area (Å²) in [5, 5.41) is 6.75. The summed E-state index contributed by atoms with van der Waals surface area (Å²) in [7, 11) is 1.80. The number of ether oxygens (including phenoxy) is 2. The van der Waals surface area contributed by atoms with Crippen LogP contribution < -0.4 is 15.4 Å². The Morgan fingerprint density at radius 1 is 1.14 bits per heavy atom. The molecule has 0 radical (unpaired) electrons. The van der Waals surface area contributed by atoms with Gasteiger partial charge in [-0.25, -0.2) is 0 Å². The van der Waals surface area contributed by atoms with E-state index in [2.05, 4.69) is 33.8 Å². The number of nitrogens with zero attached hydrogens (tertiary/aromatic N) is 1. The van der Waals surface area contributed by atoms with Gasteiger partial charge in [0.25, 0.3) is 0 Å². The molecule has 0 saturated heterocycles. The van der Waals surface area contributed by atoms with E-state index in [9.17, 15) is 4.79 Å². The van der Waals surface area contributed by atoms with Gasteiger partial charge >= 0.3 is 5.97 Å². The average Bonchev–Trinajstić information content (AvgIpc) is 3.16. The summed E-state index contributed by atoms with van der Waals surface area (Å²) in [5.74, 6) is 1.81. The monoisotopic (exact) mass is 389 g/mol. The largest absolute Gasteiger partial charge is 0.493 e. The standard InChI is InChI=1S/C22H35N3O3/c1-3-27-21(26)9-7-5-4-6-8-14-24-22(23-2)25-15-12-18-10-11-20-19(17-18)13-16-28-20/h10-11,17H,3-9,12-16H2,1-2H3,(H2,23,24,25). The molecular weight excluding hydrogens is 354 g/mol. The lowest BCUT2D eigenvalue weighted by atomic mass is 10.1. The fourth-order valence-electron chi connectivity index (χ4n) is 3.31. The number of carbonyl (C=O) groups is 1. The first kappa shape index (κ1) is 22.1. The van der Waals surface area contributed by atoms with Gasteiger partial charge in [-0.3, -0.25) is 9.79 Å². The van der Waals surface area contributed by atoms with Gasteiger partial charge in [-0.15, -0.1) is 0 Å². The van der Waals surface area contributed by atoms with E-state index in [0.29, 0.717) is 13.0 Å². The van der Waals surface area contributed by atoms with Crippen molar-refractivity contribution in [3.8, 4) is 5.75 Å². The number of aliphatic imine (C=N–C) groups is 1. The van der Waals surface area contributed by atoms with E-state index in [4.69, 9.17) is 9.47 Å². The average molecular weight is 390 g/mol. The maximum Gasteiger partial charge on any atom is 0.305 e. The van der Waals surface area contributed by atoms with Gasteiger partial charge in [0.05, 0.1) is 13.2 Å². The van der Waals surface area contributed by atoms with E-state index in [-0.39, 0.29) is 5.97 Å². The third-order valence-electron chi connectivity index (χ3n) is 4.84. The molecule has 0 bridgehead atoms. The van der Waals surface area contributed by atoms with E-state index in [1.807, 2.05) is 6.92 Å². The second kappa shape index (κ2) is 13.0. The van der Waals surface area contributed by atoms with Crippen molar-refractivity contribution in [3.05, 3.63) is 29.3 Å². The van der Waals surface area contributed by atoms with Crippen LogP contribution in [0.5, 0.6) is 5.75 Å². The number of carbonyl (C=O) groups excluding carboxylic acids is 1. The van der Waals surface area contributed by atoms with Crippen LogP contribution in [-0.2, 0) is 22.4 Å². The molecule has 2 N–H and O–H groups in total. The summed E-state index contributed by atoms with van der Waals surface area (Å²) in [5.41, 5.74) is 2.65. The Kier molecular flexibility index (Phi) is 10.3. The van der Waals surface area contributed by atoms with E-state index >= 15 is 0 Å². The molecule has 1 aliphatic heterocycles. The highest BCUT2D eigenvalue weighted by Gasteiger charge is 2.11. The number of unbranched alkanes of at least 4 members (excludes halogenated alkanes) is 4. The van der Waals surface area contributed by atoms with Gasteiger partial charge in [-0.1, -0.05) is 31.4 Å². The molecule has 1 aromatic rings. The first-order valence-electron chi connectivity index (χ1n) is 10.6. The smallest absolute Gasteiger partial charge is 0.305 e. The summed E-state index contributed by atoms with van der Waals surface area (Å²) in [6, 6.07) is 6.48. The lowest BCUT2D eigenvalue weighted by molar-refractivity contribution is -0.143. The minimum Gasteiger partial charge on any atom is -0.493 e. The molecule has 2 rings (SSSR count). The normalized spacial score (nSPS) is 13.0. The van der Waals surface area contributed by atoms with E-state index in [1.54, 1.807) is 7.05 Å². The Bertz CT molecular complexity index is 631. The predicted octanol–water partition coefficient (Wildman–Crippen LogP) is 3.23. The minimum atomic E-state index is -0.0766. The number of nitrogens with one attached hydrogen (secondary N) is 2. The number of esters is 1. The summed E-state index contributed by atoms with van der Waals surface area (Å²) in [4.78, 5) is 15.5. The van der Waals surface area contributed by atoms with Gasteiger partial charge in [-0.2, -0.15) is 0 Å². The van der Waals surface area contributed by atoms with E-state index < -0.39 is 0 Å². The van der Waals surface area contributed by atoms with Crippen molar-refractivity contribution < 1.29 is 14.3 Å². The van der Waals surface area contributed by atoms with Crippen molar-refractivity contribution in [1.29, 1.82) is 0 Å². The van der Waals surface area contributed by atoms with Gasteiger partial charge in [-0.05, 0) is 43.4 Å². The zero-order valence-electron chi connectivity index (χ0n) is 17.4. The third-order valence-corrected chi connectivity index (χ3v) is 4.84. The molecular formula is C22H35N3O3. The fraction of sp³-hybridized carbons (Fsp3) is 0.636. The molecule has 0 aliphatic carbocycles. The zero-order valence-corrected chi connectivity index (χ0v) is 17.4. The molecule has 0 spiro atoms. The number of hydrogen-bond donors (Lipinski definition) is 2. The first-order valence-corrected chi connectivity index (χ1v) is 10.6.